The van der Waals surface area contributed by atoms with Crippen molar-refractivity contribution in [3.63, 3.8) is 0 Å². The van der Waals surface area contributed by atoms with E-state index < -0.39 is 0 Å². The van der Waals surface area contributed by atoms with Gasteiger partial charge in [-0.3, -0.25) is 24.2 Å². The molecular formula is C21H28N4O6. The van der Waals surface area contributed by atoms with Crippen LogP contribution in [0.1, 0.15) is 29.6 Å². The van der Waals surface area contributed by atoms with Crippen LogP contribution < -0.4 is 5.56 Å². The van der Waals surface area contributed by atoms with E-state index in [0.29, 0.717) is 17.3 Å². The smallest absolute Gasteiger partial charge is 0.290 e. The summed E-state index contributed by atoms with van der Waals surface area (Å²) in [6, 6.07) is 7.71. The highest BCUT2D eigenvalue weighted by atomic mass is 16.3. The van der Waals surface area contributed by atoms with Crippen LogP contribution >= 0.6 is 0 Å². The normalized spacial score (nSPS) is 15.4. The summed E-state index contributed by atoms with van der Waals surface area (Å²) in [4.78, 5) is 51.7. The predicted octanol–water partition coefficient (Wildman–Crippen LogP) is 1.39. The molecule has 10 heteroatoms. The highest BCUT2D eigenvalue weighted by Gasteiger charge is 2.23. The number of likely N-dealkylation sites (N-methyl/N-ethyl adjacent to an activating group) is 2. The Balaban J connectivity index is 0.000000720. The number of carbonyl (C=O) groups excluding carboxylic acids is 1. The maximum Gasteiger partial charge on any atom is 0.290 e. The van der Waals surface area contributed by atoms with E-state index in [1.54, 1.807) is 23.2 Å². The zero-order valence-electron chi connectivity index (χ0n) is 17.6. The molecule has 0 spiro atoms. The zero-order valence-corrected chi connectivity index (χ0v) is 17.6. The fourth-order valence-corrected chi connectivity index (χ4v) is 3.34. The number of likely N-dealkylation sites (tertiary alicyclic amines) is 1. The standard InChI is InChI=1S/C19H24N4O2.2CH2O2/c1-22-9-4-3-8-16(22)13-23(2)19(25)15-7-5-6-14(10-15)17-11-20-12-18(24)21-17;2*2-1-3/h5-7,10-12,16H,3-4,8-9,13H2,1-2H3,(H,21,24);2*1H,(H,2,3). The van der Waals surface area contributed by atoms with Gasteiger partial charge in [0.15, 0.2) is 0 Å². The van der Waals surface area contributed by atoms with Crippen molar-refractivity contribution in [2.75, 3.05) is 27.2 Å². The Morgan fingerprint density at radius 2 is 1.94 bits per heavy atom. The maximum atomic E-state index is 12.8. The number of amides is 1. The van der Waals surface area contributed by atoms with Crippen LogP contribution in [-0.4, -0.2) is 82.1 Å². The molecular weight excluding hydrogens is 404 g/mol. The van der Waals surface area contributed by atoms with Crippen molar-refractivity contribution in [3.05, 3.63) is 52.6 Å². The monoisotopic (exact) mass is 432 g/mol. The molecule has 10 nitrogen and oxygen atoms in total. The Morgan fingerprint density at radius 1 is 1.26 bits per heavy atom. The first-order valence-corrected chi connectivity index (χ1v) is 9.64. The molecule has 1 atom stereocenters. The van der Waals surface area contributed by atoms with Crippen molar-refractivity contribution in [3.8, 4) is 11.3 Å². The molecule has 168 valence electrons. The van der Waals surface area contributed by atoms with Crippen molar-refractivity contribution in [2.45, 2.75) is 25.3 Å². The first kappa shape index (κ1) is 25.5. The Labute approximate surface area is 180 Å². The number of hydrogen-bond donors (Lipinski definition) is 3. The van der Waals surface area contributed by atoms with E-state index in [1.807, 2.05) is 19.2 Å². The fourth-order valence-electron chi connectivity index (χ4n) is 3.34. The highest BCUT2D eigenvalue weighted by molar-refractivity contribution is 5.95. The molecule has 1 unspecified atom stereocenters. The van der Waals surface area contributed by atoms with Gasteiger partial charge in [0.1, 0.15) is 0 Å². The summed E-state index contributed by atoms with van der Waals surface area (Å²) < 4.78 is 0. The zero-order chi connectivity index (χ0) is 23.2. The van der Waals surface area contributed by atoms with E-state index >= 15 is 0 Å². The molecule has 1 saturated heterocycles. The van der Waals surface area contributed by atoms with Gasteiger partial charge < -0.3 is 25.0 Å². The van der Waals surface area contributed by atoms with Crippen LogP contribution in [-0.2, 0) is 9.59 Å². The average molecular weight is 432 g/mol. The molecule has 3 N–H and O–H groups in total. The van der Waals surface area contributed by atoms with Crippen LogP contribution in [0.15, 0.2) is 41.5 Å². The second-order valence-corrected chi connectivity index (χ2v) is 6.92. The summed E-state index contributed by atoms with van der Waals surface area (Å²) in [7, 11) is 3.98. The third kappa shape index (κ3) is 8.39. The lowest BCUT2D eigenvalue weighted by Gasteiger charge is -2.35. The molecule has 2 aromatic rings. The van der Waals surface area contributed by atoms with Crippen molar-refractivity contribution >= 4 is 18.9 Å². The van der Waals surface area contributed by atoms with Crippen LogP contribution in [0.4, 0.5) is 0 Å². The van der Waals surface area contributed by atoms with Gasteiger partial charge in [-0.1, -0.05) is 18.6 Å². The predicted molar refractivity (Wildman–Crippen MR) is 115 cm³/mol. The molecule has 3 rings (SSSR count). The lowest BCUT2D eigenvalue weighted by Crippen LogP contribution is -2.45. The molecule has 2 heterocycles. The van der Waals surface area contributed by atoms with Gasteiger partial charge in [0.05, 0.1) is 18.1 Å². The summed E-state index contributed by atoms with van der Waals surface area (Å²) in [6.07, 6.45) is 6.40. The van der Waals surface area contributed by atoms with Crippen molar-refractivity contribution < 1.29 is 24.6 Å². The highest BCUT2D eigenvalue weighted by Crippen LogP contribution is 2.19. The number of aromatic amines is 1. The molecule has 1 aromatic heterocycles. The molecule has 1 aromatic carbocycles. The Kier molecular flexibility index (Phi) is 11.2. The fraction of sp³-hybridized carbons (Fsp3) is 0.381. The molecule has 1 aliphatic rings. The minimum absolute atomic E-state index is 0.00735. The summed E-state index contributed by atoms with van der Waals surface area (Å²) in [6.45, 7) is 1.32. The quantitative estimate of drug-likeness (QED) is 0.615. The van der Waals surface area contributed by atoms with Gasteiger partial charge in [-0.15, -0.1) is 0 Å². The van der Waals surface area contributed by atoms with Crippen LogP contribution in [0.25, 0.3) is 11.3 Å². The van der Waals surface area contributed by atoms with Crippen LogP contribution in [0, 0.1) is 0 Å². The summed E-state index contributed by atoms with van der Waals surface area (Å²) in [5.74, 6) is -0.00735. The van der Waals surface area contributed by atoms with Gasteiger partial charge in [0.25, 0.3) is 24.4 Å². The van der Waals surface area contributed by atoms with Gasteiger partial charge in [0, 0.05) is 30.8 Å². The topological polar surface area (TPSA) is 144 Å². The van der Waals surface area contributed by atoms with E-state index in [-0.39, 0.29) is 24.4 Å². The number of H-pyrrole nitrogens is 1. The Hall–Kier alpha value is -3.53. The number of carboxylic acid groups (broad SMARTS) is 2. The summed E-state index contributed by atoms with van der Waals surface area (Å²) >= 11 is 0. The minimum atomic E-state index is -0.258. The van der Waals surface area contributed by atoms with Gasteiger partial charge >= 0.3 is 0 Å². The summed E-state index contributed by atoms with van der Waals surface area (Å²) in [5.41, 5.74) is 1.74. The van der Waals surface area contributed by atoms with Gasteiger partial charge in [-0.25, -0.2) is 0 Å². The van der Waals surface area contributed by atoms with Crippen LogP contribution in [0.5, 0.6) is 0 Å². The van der Waals surface area contributed by atoms with Crippen molar-refractivity contribution in [2.24, 2.45) is 0 Å². The summed E-state index contributed by atoms with van der Waals surface area (Å²) in [5, 5.41) is 13.8. The number of hydrogen-bond acceptors (Lipinski definition) is 6. The molecule has 0 bridgehead atoms. The molecule has 0 saturated carbocycles. The first-order chi connectivity index (χ1) is 14.9. The average Bonchev–Trinajstić information content (AvgIpc) is 2.76. The van der Waals surface area contributed by atoms with Crippen LogP contribution in [0.3, 0.4) is 0 Å². The maximum absolute atomic E-state index is 12.8. The third-order valence-electron chi connectivity index (χ3n) is 4.83. The van der Waals surface area contributed by atoms with E-state index in [0.717, 1.165) is 25.1 Å². The van der Waals surface area contributed by atoms with E-state index in [9.17, 15) is 9.59 Å². The lowest BCUT2D eigenvalue weighted by atomic mass is 10.0. The molecule has 31 heavy (non-hydrogen) atoms. The van der Waals surface area contributed by atoms with E-state index in [2.05, 4.69) is 21.9 Å². The van der Waals surface area contributed by atoms with Crippen LogP contribution in [0.2, 0.25) is 0 Å². The molecule has 1 amide bonds. The lowest BCUT2D eigenvalue weighted by molar-refractivity contribution is -0.123. The number of carbonyl (C=O) groups is 3. The number of aromatic nitrogens is 2. The van der Waals surface area contributed by atoms with Gasteiger partial charge in [-0.05, 0) is 38.6 Å². The number of nitrogens with zero attached hydrogens (tertiary/aromatic N) is 3. The second-order valence-electron chi connectivity index (χ2n) is 6.92. The van der Waals surface area contributed by atoms with Crippen molar-refractivity contribution in [1.82, 2.24) is 19.8 Å². The second kappa shape index (κ2) is 13.6. The first-order valence-electron chi connectivity index (χ1n) is 9.64. The molecule has 1 aliphatic heterocycles. The molecule has 0 aliphatic carbocycles. The molecule has 0 radical (unpaired) electrons. The largest absolute Gasteiger partial charge is 0.483 e. The number of nitrogens with one attached hydrogen (secondary N) is 1. The number of rotatable bonds is 4. The minimum Gasteiger partial charge on any atom is -0.483 e. The SMILES string of the molecule is CN(CC1CCCCN1C)C(=O)c1cccc(-c2cncc(=O)[nH]2)c1.O=CO.O=CO. The number of benzene rings is 1. The Morgan fingerprint density at radius 3 is 2.55 bits per heavy atom. The van der Waals surface area contributed by atoms with Gasteiger partial charge in [0.2, 0.25) is 0 Å². The van der Waals surface area contributed by atoms with Gasteiger partial charge in [-0.2, -0.15) is 0 Å². The third-order valence-corrected chi connectivity index (χ3v) is 4.83. The van der Waals surface area contributed by atoms with E-state index in [4.69, 9.17) is 19.8 Å². The number of piperidine rings is 1. The molecule has 1 fully saturated rings. The van der Waals surface area contributed by atoms with Crippen molar-refractivity contribution in [1.29, 1.82) is 0 Å². The van der Waals surface area contributed by atoms with E-state index in [1.165, 1.54) is 19.0 Å². The Bertz CT molecular complexity index is 895.